The number of anilines is 3. The van der Waals surface area contributed by atoms with Crippen LogP contribution in [0.5, 0.6) is 0 Å². The third kappa shape index (κ3) is 8.93. The van der Waals surface area contributed by atoms with E-state index in [1.807, 2.05) is 0 Å². The van der Waals surface area contributed by atoms with Crippen LogP contribution in [0.2, 0.25) is 0 Å². The molecule has 0 spiro atoms. The van der Waals surface area contributed by atoms with Gasteiger partial charge in [0.1, 0.15) is 0 Å². The van der Waals surface area contributed by atoms with E-state index < -0.39 is 0 Å². The fourth-order valence-electron chi connectivity index (χ4n) is 12.8. The summed E-state index contributed by atoms with van der Waals surface area (Å²) in [6.07, 6.45) is 28.7. The van der Waals surface area contributed by atoms with Gasteiger partial charge >= 0.3 is 0 Å². The van der Waals surface area contributed by atoms with Gasteiger partial charge < -0.3 is 4.90 Å². The highest BCUT2D eigenvalue weighted by Crippen LogP contribution is 2.56. The molecular weight excluding hydrogens is 879 g/mol. The molecule has 0 saturated heterocycles. The van der Waals surface area contributed by atoms with Crippen LogP contribution < -0.4 is 4.90 Å². The van der Waals surface area contributed by atoms with Gasteiger partial charge in [-0.05, 0) is 185 Å². The minimum atomic E-state index is -0.0793. The van der Waals surface area contributed by atoms with Crippen LogP contribution in [0.3, 0.4) is 0 Å². The number of para-hydroxylation sites is 1. The predicted molar refractivity (Wildman–Crippen MR) is 311 cm³/mol. The van der Waals surface area contributed by atoms with Gasteiger partial charge in [0.2, 0.25) is 0 Å². The van der Waals surface area contributed by atoms with E-state index in [0.29, 0.717) is 11.8 Å². The van der Waals surface area contributed by atoms with Crippen molar-refractivity contribution in [2.45, 2.75) is 90.4 Å². The fraction of sp³-hybridized carbons (Fsp3) is 0.222. The van der Waals surface area contributed by atoms with E-state index >= 15 is 0 Å². The maximum absolute atomic E-state index is 3.67. The smallest absolute Gasteiger partial charge is 0.0468 e. The van der Waals surface area contributed by atoms with Crippen LogP contribution in [-0.2, 0) is 17.3 Å². The fourth-order valence-corrected chi connectivity index (χ4v) is 12.8. The summed E-state index contributed by atoms with van der Waals surface area (Å²) in [4.78, 5) is 2.44. The number of nitrogens with zero attached hydrogens (tertiary/aromatic N) is 1. The van der Waals surface area contributed by atoms with Crippen molar-refractivity contribution in [3.63, 3.8) is 0 Å². The number of aryl methyl sites for hydroxylation is 1. The maximum Gasteiger partial charge on any atom is 0.0468 e. The van der Waals surface area contributed by atoms with Gasteiger partial charge in [0.15, 0.2) is 0 Å². The van der Waals surface area contributed by atoms with E-state index in [2.05, 4.69) is 270 Å². The number of hydrogen-bond donors (Lipinski definition) is 0. The van der Waals surface area contributed by atoms with Gasteiger partial charge in [-0.3, -0.25) is 0 Å². The van der Waals surface area contributed by atoms with E-state index in [0.717, 1.165) is 78.7 Å². The molecule has 3 unspecified atom stereocenters. The van der Waals surface area contributed by atoms with Gasteiger partial charge in [-0.25, -0.2) is 0 Å². The molecule has 0 N–H and O–H groups in total. The van der Waals surface area contributed by atoms with Crippen molar-refractivity contribution in [2.24, 2.45) is 11.8 Å². The van der Waals surface area contributed by atoms with E-state index in [9.17, 15) is 0 Å². The molecular formula is C72H67N. The first-order chi connectivity index (χ1) is 35.8. The van der Waals surface area contributed by atoms with Crippen LogP contribution in [0.25, 0.3) is 27.8 Å². The summed E-state index contributed by atoms with van der Waals surface area (Å²) in [5, 5.41) is 0. The first kappa shape index (κ1) is 47.7. The molecule has 7 aromatic rings. The van der Waals surface area contributed by atoms with Crippen LogP contribution >= 0.6 is 0 Å². The summed E-state index contributed by atoms with van der Waals surface area (Å²) in [5.74, 6) is 7.95. The zero-order valence-corrected chi connectivity index (χ0v) is 43.3. The Morgan fingerprint density at radius 1 is 0.589 bits per heavy atom. The Morgan fingerprint density at radius 3 is 2.10 bits per heavy atom. The van der Waals surface area contributed by atoms with Crippen LogP contribution in [0.1, 0.15) is 111 Å². The molecule has 0 saturated carbocycles. The Kier molecular flexibility index (Phi) is 13.4. The lowest BCUT2D eigenvalue weighted by Gasteiger charge is -2.33. The molecule has 1 heteroatoms. The first-order valence-corrected chi connectivity index (χ1v) is 26.9. The largest absolute Gasteiger partial charge is 0.310 e. The first-order valence-electron chi connectivity index (χ1n) is 26.9. The van der Waals surface area contributed by atoms with E-state index in [-0.39, 0.29) is 10.8 Å². The lowest BCUT2D eigenvalue weighted by atomic mass is 9.70. The Labute approximate surface area is 435 Å². The van der Waals surface area contributed by atoms with Gasteiger partial charge in [-0.1, -0.05) is 203 Å². The lowest BCUT2D eigenvalue weighted by molar-refractivity contribution is 0.359. The maximum atomic E-state index is 3.67. The van der Waals surface area contributed by atoms with Gasteiger partial charge in [-0.2, -0.15) is 0 Å². The molecule has 0 radical (unpaired) electrons. The highest BCUT2D eigenvalue weighted by Gasteiger charge is 2.46. The molecule has 11 rings (SSSR count). The Bertz CT molecular complexity index is 3450. The average Bonchev–Trinajstić information content (AvgIpc) is 3.59. The topological polar surface area (TPSA) is 3.24 Å². The van der Waals surface area contributed by atoms with Crippen LogP contribution in [0, 0.1) is 30.6 Å². The Hall–Kier alpha value is -7.66. The van der Waals surface area contributed by atoms with Crippen molar-refractivity contribution in [1.29, 1.82) is 0 Å². The molecule has 1 nitrogen and oxygen atoms in total. The normalized spacial score (nSPS) is 18.2. The molecule has 0 aromatic heterocycles. The Morgan fingerprint density at radius 2 is 1.30 bits per heavy atom. The van der Waals surface area contributed by atoms with Crippen molar-refractivity contribution >= 4 is 22.6 Å². The number of benzene rings is 7. The summed E-state index contributed by atoms with van der Waals surface area (Å²) >= 11 is 0. The molecule has 0 aliphatic heterocycles. The van der Waals surface area contributed by atoms with Gasteiger partial charge in [0, 0.05) is 44.9 Å². The second-order valence-electron chi connectivity index (χ2n) is 20.9. The Balaban J connectivity index is 0.970. The lowest BCUT2D eigenvalue weighted by Crippen LogP contribution is -2.28. The minimum absolute atomic E-state index is 0.0793. The monoisotopic (exact) mass is 946 g/mol. The van der Waals surface area contributed by atoms with Crippen molar-refractivity contribution in [3.8, 4) is 34.1 Å². The molecule has 0 fully saturated rings. The molecule has 4 aliphatic rings. The summed E-state index contributed by atoms with van der Waals surface area (Å²) < 4.78 is 0. The summed E-state index contributed by atoms with van der Waals surface area (Å²) in [6, 6.07) is 60.6. The molecule has 4 aliphatic carbocycles. The molecule has 0 amide bonds. The molecule has 360 valence electrons. The van der Waals surface area contributed by atoms with Crippen molar-refractivity contribution in [3.05, 3.63) is 274 Å². The van der Waals surface area contributed by atoms with Crippen molar-refractivity contribution < 1.29 is 0 Å². The van der Waals surface area contributed by atoms with E-state index in [4.69, 9.17) is 0 Å². The van der Waals surface area contributed by atoms with Crippen LogP contribution in [0.4, 0.5) is 17.1 Å². The summed E-state index contributed by atoms with van der Waals surface area (Å²) in [7, 11) is 0. The minimum Gasteiger partial charge on any atom is -0.310 e. The van der Waals surface area contributed by atoms with E-state index in [1.165, 1.54) is 66.8 Å². The van der Waals surface area contributed by atoms with Crippen LogP contribution in [0.15, 0.2) is 230 Å². The van der Waals surface area contributed by atoms with Gasteiger partial charge in [0.05, 0.1) is 0 Å². The van der Waals surface area contributed by atoms with Crippen LogP contribution in [-0.4, -0.2) is 0 Å². The summed E-state index contributed by atoms with van der Waals surface area (Å²) in [5.41, 5.74) is 23.2. The molecule has 0 heterocycles. The quantitative estimate of drug-likeness (QED) is 0.104. The highest BCUT2D eigenvalue weighted by atomic mass is 15.1. The van der Waals surface area contributed by atoms with Crippen molar-refractivity contribution in [2.75, 3.05) is 4.90 Å². The molecule has 3 atom stereocenters. The van der Waals surface area contributed by atoms with E-state index in [1.54, 1.807) is 0 Å². The molecule has 0 bridgehead atoms. The average molecular weight is 946 g/mol. The molecule has 7 aromatic carbocycles. The third-order valence-corrected chi connectivity index (χ3v) is 17.1. The predicted octanol–water partition coefficient (Wildman–Crippen LogP) is 18.9. The third-order valence-electron chi connectivity index (χ3n) is 17.1. The zero-order valence-electron chi connectivity index (χ0n) is 43.3. The molecule has 73 heavy (non-hydrogen) atoms. The van der Waals surface area contributed by atoms with Gasteiger partial charge in [-0.15, -0.1) is 0 Å². The number of hydrogen-bond acceptors (Lipinski definition) is 1. The van der Waals surface area contributed by atoms with Gasteiger partial charge in [0.25, 0.3) is 0 Å². The number of allylic oxidation sites excluding steroid dienone is 12. The SMILES string of the molecule is CCC1(C)c2ccccc2-c2ccc(N(c3ccccc3)c3ccc(C#Cc4ccccc4)c(-c4cc(CC(CCC5=CC=C6c7ccccc7C(CC)(CC)C6C=C5)C5=CCC=CC=C5)ccc4C)c3)cc21. The second kappa shape index (κ2) is 20.5. The summed E-state index contributed by atoms with van der Waals surface area (Å²) in [6.45, 7) is 11.8. The standard InChI is InChI=1S/C72H67N/c1-6-71(5)67-31-21-19-29-61(67)64-45-43-60(50-70(64)71)73(58-27-17-12-18-28-58)59-42-41-56(39-35-52-23-13-11-14-24-52)66(49-59)65-48-54(34-33-51(65)4)47-57(55-25-15-9-10-16-26-55)40-36-53-37-44-63-62-30-20-22-32-68(62)72(7-2,8-3)69(63)46-38-53/h9-15,17-34,37-38,41-46,48-50,57,69H,6-8,16,36,40,47H2,1-5H3. The van der Waals surface area contributed by atoms with Crippen molar-refractivity contribution in [1.82, 2.24) is 0 Å². The number of rotatable bonds is 13. The highest BCUT2D eigenvalue weighted by molar-refractivity contribution is 5.88. The second-order valence-corrected chi connectivity index (χ2v) is 20.9. The zero-order chi connectivity index (χ0) is 49.9. The number of fused-ring (bicyclic) bond motifs is 6.